The highest BCUT2D eigenvalue weighted by molar-refractivity contribution is 5.95. The highest BCUT2D eigenvalue weighted by atomic mass is 19.1. The van der Waals surface area contributed by atoms with Crippen molar-refractivity contribution >= 4 is 17.6 Å². The van der Waals surface area contributed by atoms with E-state index in [9.17, 15) is 14.0 Å². The number of halogens is 1. The highest BCUT2D eigenvalue weighted by Gasteiger charge is 2.18. The van der Waals surface area contributed by atoms with Crippen LogP contribution in [-0.2, 0) is 14.3 Å². The van der Waals surface area contributed by atoms with Crippen LogP contribution in [-0.4, -0.2) is 31.7 Å². The van der Waals surface area contributed by atoms with E-state index in [-0.39, 0.29) is 6.61 Å². The molecule has 6 nitrogen and oxygen atoms in total. The summed E-state index contributed by atoms with van der Waals surface area (Å²) in [4.78, 5) is 23.8. The molecule has 1 atom stereocenters. The van der Waals surface area contributed by atoms with E-state index in [0.717, 1.165) is 0 Å². The van der Waals surface area contributed by atoms with Gasteiger partial charge in [0.15, 0.2) is 12.7 Å². The van der Waals surface area contributed by atoms with E-state index in [2.05, 4.69) is 5.32 Å². The molecule has 132 valence electrons. The second-order valence-corrected chi connectivity index (χ2v) is 5.10. The smallest absolute Gasteiger partial charge is 0.344 e. The van der Waals surface area contributed by atoms with Crippen LogP contribution in [0.5, 0.6) is 11.5 Å². The van der Waals surface area contributed by atoms with Crippen molar-refractivity contribution < 1.29 is 28.2 Å². The molecule has 1 amide bonds. The zero-order chi connectivity index (χ0) is 18.2. The molecule has 0 aliphatic heterocycles. The van der Waals surface area contributed by atoms with Gasteiger partial charge in [-0.05, 0) is 43.3 Å². The lowest BCUT2D eigenvalue weighted by molar-refractivity contribution is -0.155. The molecule has 0 bridgehead atoms. The predicted octanol–water partition coefficient (Wildman–Crippen LogP) is 2.78. The SMILES string of the molecule is COc1cccc(NC(=O)[C@H](C)OC(=O)COc2ccc(F)cc2)c1. The van der Waals surface area contributed by atoms with Crippen LogP contribution in [0.2, 0.25) is 0 Å². The van der Waals surface area contributed by atoms with Crippen molar-refractivity contribution in [1.29, 1.82) is 0 Å². The van der Waals surface area contributed by atoms with Crippen molar-refractivity contribution in [2.45, 2.75) is 13.0 Å². The van der Waals surface area contributed by atoms with E-state index >= 15 is 0 Å². The van der Waals surface area contributed by atoms with Crippen molar-refractivity contribution in [2.75, 3.05) is 19.0 Å². The summed E-state index contributed by atoms with van der Waals surface area (Å²) in [5, 5.41) is 2.62. The van der Waals surface area contributed by atoms with E-state index in [1.807, 2.05) is 0 Å². The maximum absolute atomic E-state index is 12.8. The van der Waals surface area contributed by atoms with Gasteiger partial charge in [0.2, 0.25) is 0 Å². The quantitative estimate of drug-likeness (QED) is 0.780. The fourth-order valence-electron chi connectivity index (χ4n) is 1.90. The van der Waals surface area contributed by atoms with Gasteiger partial charge in [-0.2, -0.15) is 0 Å². The molecule has 0 saturated carbocycles. The molecule has 0 aliphatic carbocycles. The Morgan fingerprint density at radius 3 is 2.52 bits per heavy atom. The van der Waals surface area contributed by atoms with Crippen LogP contribution in [0.15, 0.2) is 48.5 Å². The van der Waals surface area contributed by atoms with Crippen molar-refractivity contribution in [1.82, 2.24) is 0 Å². The minimum atomic E-state index is -1.00. The Hall–Kier alpha value is -3.09. The van der Waals surface area contributed by atoms with Gasteiger partial charge in [-0.3, -0.25) is 4.79 Å². The number of ether oxygens (including phenoxy) is 3. The lowest BCUT2D eigenvalue weighted by Crippen LogP contribution is -2.31. The largest absolute Gasteiger partial charge is 0.497 e. The van der Waals surface area contributed by atoms with Crippen LogP contribution in [0.1, 0.15) is 6.92 Å². The van der Waals surface area contributed by atoms with E-state index in [1.54, 1.807) is 24.3 Å². The number of hydrogen-bond acceptors (Lipinski definition) is 5. The van der Waals surface area contributed by atoms with Crippen molar-refractivity contribution in [3.8, 4) is 11.5 Å². The zero-order valence-corrected chi connectivity index (χ0v) is 13.8. The van der Waals surface area contributed by atoms with Crippen LogP contribution in [0.4, 0.5) is 10.1 Å². The fourth-order valence-corrected chi connectivity index (χ4v) is 1.90. The number of esters is 1. The standard InChI is InChI=1S/C18H18FNO5/c1-12(18(22)20-14-4-3-5-16(10-14)23-2)25-17(21)11-24-15-8-6-13(19)7-9-15/h3-10,12H,11H2,1-2H3,(H,20,22)/t12-/m0/s1. The Kier molecular flexibility index (Phi) is 6.33. The number of amides is 1. The predicted molar refractivity (Wildman–Crippen MR) is 89.1 cm³/mol. The van der Waals surface area contributed by atoms with Crippen LogP contribution < -0.4 is 14.8 Å². The van der Waals surface area contributed by atoms with Gasteiger partial charge >= 0.3 is 5.97 Å². The third-order valence-electron chi connectivity index (χ3n) is 3.19. The molecular weight excluding hydrogens is 329 g/mol. The minimum absolute atomic E-state index is 0.326. The molecule has 0 aromatic heterocycles. The number of carbonyl (C=O) groups is 2. The Morgan fingerprint density at radius 2 is 1.84 bits per heavy atom. The maximum Gasteiger partial charge on any atom is 0.344 e. The Balaban J connectivity index is 1.81. The van der Waals surface area contributed by atoms with Crippen molar-refractivity contribution in [3.05, 3.63) is 54.3 Å². The lowest BCUT2D eigenvalue weighted by atomic mass is 10.3. The summed E-state index contributed by atoms with van der Waals surface area (Å²) in [6.45, 7) is 1.06. The second-order valence-electron chi connectivity index (χ2n) is 5.10. The van der Waals surface area contributed by atoms with E-state index < -0.39 is 23.8 Å². The first-order valence-electron chi connectivity index (χ1n) is 7.50. The number of anilines is 1. The molecule has 2 rings (SSSR count). The Morgan fingerprint density at radius 1 is 1.12 bits per heavy atom. The number of nitrogens with one attached hydrogen (secondary N) is 1. The summed E-state index contributed by atoms with van der Waals surface area (Å²) in [5.41, 5.74) is 0.523. The summed E-state index contributed by atoms with van der Waals surface area (Å²) in [5.74, 6) is -0.680. The molecular formula is C18H18FNO5. The third-order valence-corrected chi connectivity index (χ3v) is 3.19. The fraction of sp³-hybridized carbons (Fsp3) is 0.222. The molecule has 0 fully saturated rings. The van der Waals surface area contributed by atoms with Gasteiger partial charge < -0.3 is 19.5 Å². The lowest BCUT2D eigenvalue weighted by Gasteiger charge is -2.14. The molecule has 0 heterocycles. The summed E-state index contributed by atoms with van der Waals surface area (Å²) in [6.07, 6.45) is -1.00. The Labute approximate surface area is 144 Å². The van der Waals surface area contributed by atoms with Crippen LogP contribution in [0.25, 0.3) is 0 Å². The molecule has 0 aliphatic rings. The average molecular weight is 347 g/mol. The van der Waals surface area contributed by atoms with Gasteiger partial charge in [0, 0.05) is 11.8 Å². The first-order valence-corrected chi connectivity index (χ1v) is 7.50. The van der Waals surface area contributed by atoms with Crippen molar-refractivity contribution in [3.63, 3.8) is 0 Å². The Bertz CT molecular complexity index is 733. The highest BCUT2D eigenvalue weighted by Crippen LogP contribution is 2.17. The molecule has 0 saturated heterocycles. The van der Waals surface area contributed by atoms with E-state index in [1.165, 1.54) is 38.3 Å². The molecule has 0 spiro atoms. The summed E-state index contributed by atoms with van der Waals surface area (Å²) in [7, 11) is 1.52. The number of carbonyl (C=O) groups excluding carboxylic acids is 2. The summed E-state index contributed by atoms with van der Waals surface area (Å²) >= 11 is 0. The monoisotopic (exact) mass is 347 g/mol. The minimum Gasteiger partial charge on any atom is -0.497 e. The topological polar surface area (TPSA) is 73.9 Å². The van der Waals surface area contributed by atoms with Gasteiger partial charge in [-0.25, -0.2) is 9.18 Å². The zero-order valence-electron chi connectivity index (χ0n) is 13.8. The van der Waals surface area contributed by atoms with Gasteiger partial charge in [-0.1, -0.05) is 6.07 Å². The molecule has 7 heteroatoms. The third kappa shape index (κ3) is 5.80. The first kappa shape index (κ1) is 18.3. The normalized spacial score (nSPS) is 11.3. The molecule has 2 aromatic carbocycles. The molecule has 25 heavy (non-hydrogen) atoms. The van der Waals surface area contributed by atoms with Gasteiger partial charge in [0.05, 0.1) is 7.11 Å². The summed E-state index contributed by atoms with van der Waals surface area (Å²) < 4.78 is 28.0. The van der Waals surface area contributed by atoms with Gasteiger partial charge in [0.25, 0.3) is 5.91 Å². The van der Waals surface area contributed by atoms with E-state index in [0.29, 0.717) is 17.2 Å². The van der Waals surface area contributed by atoms with E-state index in [4.69, 9.17) is 14.2 Å². The second kappa shape index (κ2) is 8.68. The first-order chi connectivity index (χ1) is 12.0. The summed E-state index contributed by atoms with van der Waals surface area (Å²) in [6, 6.07) is 12.0. The van der Waals surface area contributed by atoms with Crippen LogP contribution in [0.3, 0.4) is 0 Å². The number of methoxy groups -OCH3 is 1. The van der Waals surface area contributed by atoms with Gasteiger partial charge in [-0.15, -0.1) is 0 Å². The molecule has 0 unspecified atom stereocenters. The molecule has 0 radical (unpaired) electrons. The number of rotatable bonds is 7. The van der Waals surface area contributed by atoms with Crippen molar-refractivity contribution in [2.24, 2.45) is 0 Å². The van der Waals surface area contributed by atoms with Crippen LogP contribution in [0, 0.1) is 5.82 Å². The van der Waals surface area contributed by atoms with Gasteiger partial charge in [0.1, 0.15) is 17.3 Å². The maximum atomic E-state index is 12.8. The molecule has 2 aromatic rings. The number of benzene rings is 2. The average Bonchev–Trinajstić information content (AvgIpc) is 2.61. The van der Waals surface area contributed by atoms with Crippen LogP contribution >= 0.6 is 0 Å². The molecule has 1 N–H and O–H groups in total. The number of hydrogen-bond donors (Lipinski definition) is 1.